The summed E-state index contributed by atoms with van der Waals surface area (Å²) in [6, 6.07) is 7.90. The quantitative estimate of drug-likeness (QED) is 0.556. The first-order valence-corrected chi connectivity index (χ1v) is 9.30. The summed E-state index contributed by atoms with van der Waals surface area (Å²) in [5.41, 5.74) is 0.974. The van der Waals surface area contributed by atoms with E-state index in [2.05, 4.69) is 4.90 Å². The molecule has 1 aliphatic heterocycles. The summed E-state index contributed by atoms with van der Waals surface area (Å²) in [6.07, 6.45) is 0. The molecule has 1 fully saturated rings. The summed E-state index contributed by atoms with van der Waals surface area (Å²) in [7, 11) is 0. The van der Waals surface area contributed by atoms with Gasteiger partial charge in [-0.1, -0.05) is 12.1 Å². The summed E-state index contributed by atoms with van der Waals surface area (Å²) < 4.78 is 58.1. The molecule has 1 heterocycles. The molecule has 2 unspecified atom stereocenters. The Balaban J connectivity index is 1.58. The van der Waals surface area contributed by atoms with Gasteiger partial charge in [0.05, 0.1) is 0 Å². The summed E-state index contributed by atoms with van der Waals surface area (Å²) in [5.74, 6) is -5.57. The Bertz CT molecular complexity index is 876. The number of carbonyl (C=O) groups is 1. The summed E-state index contributed by atoms with van der Waals surface area (Å²) >= 11 is 0. The molecule has 1 amide bonds. The van der Waals surface area contributed by atoms with Crippen molar-refractivity contribution in [3.63, 3.8) is 0 Å². The lowest BCUT2D eigenvalue weighted by molar-refractivity contribution is -0.139. The number of hydrogen-bond donors (Lipinski definition) is 0. The molecule has 0 radical (unpaired) electrons. The van der Waals surface area contributed by atoms with E-state index in [0.29, 0.717) is 19.6 Å². The number of hydrogen-bond acceptors (Lipinski definition) is 3. The molecule has 4 nitrogen and oxygen atoms in total. The van der Waals surface area contributed by atoms with Gasteiger partial charge in [-0.25, -0.2) is 13.2 Å². The fourth-order valence-corrected chi connectivity index (χ4v) is 3.43. The fraction of sp³-hybridized carbons (Fsp3) is 0.381. The van der Waals surface area contributed by atoms with Crippen molar-refractivity contribution in [2.45, 2.75) is 32.5 Å². The number of amides is 1. The minimum Gasteiger partial charge on any atom is -0.481 e. The minimum absolute atomic E-state index is 0.0419. The molecule has 0 saturated carbocycles. The molecule has 3 rings (SSSR count). The zero-order valence-electron chi connectivity index (χ0n) is 16.2. The van der Waals surface area contributed by atoms with E-state index in [1.54, 1.807) is 17.0 Å². The smallest absolute Gasteiger partial charge is 0.260 e. The van der Waals surface area contributed by atoms with Crippen molar-refractivity contribution in [1.82, 2.24) is 9.80 Å². The Labute approximate surface area is 166 Å². The maximum atomic E-state index is 13.7. The number of nitrogens with zero attached hydrogens (tertiary/aromatic N) is 2. The first-order valence-electron chi connectivity index (χ1n) is 9.30. The molecule has 29 heavy (non-hydrogen) atoms. The monoisotopic (exact) mass is 410 g/mol. The second kappa shape index (κ2) is 8.82. The van der Waals surface area contributed by atoms with Gasteiger partial charge in [-0.15, -0.1) is 0 Å². The number of ether oxygens (including phenoxy) is 1. The molecule has 0 N–H and O–H groups in total. The van der Waals surface area contributed by atoms with E-state index in [9.17, 15) is 22.4 Å². The average molecular weight is 410 g/mol. The molecule has 2 aromatic carbocycles. The van der Waals surface area contributed by atoms with Gasteiger partial charge in [0.2, 0.25) is 5.82 Å². The second-order valence-corrected chi connectivity index (χ2v) is 7.26. The van der Waals surface area contributed by atoms with E-state index in [4.69, 9.17) is 4.74 Å². The van der Waals surface area contributed by atoms with Crippen LogP contribution in [0.4, 0.5) is 17.6 Å². The van der Waals surface area contributed by atoms with Crippen LogP contribution in [0, 0.1) is 23.3 Å². The number of halogens is 4. The highest BCUT2D eigenvalue weighted by Gasteiger charge is 2.32. The second-order valence-electron chi connectivity index (χ2n) is 7.26. The van der Waals surface area contributed by atoms with Gasteiger partial charge in [-0.05, 0) is 43.7 Å². The zero-order chi connectivity index (χ0) is 21.1. The minimum atomic E-state index is -1.63. The predicted octanol–water partition coefficient (Wildman–Crippen LogP) is 3.74. The highest BCUT2D eigenvalue weighted by Crippen LogP contribution is 2.23. The van der Waals surface area contributed by atoms with E-state index < -0.39 is 29.8 Å². The van der Waals surface area contributed by atoms with E-state index in [1.165, 1.54) is 12.1 Å². The third kappa shape index (κ3) is 4.87. The molecule has 2 atom stereocenters. The molecule has 156 valence electrons. The third-order valence-electron chi connectivity index (χ3n) is 5.09. The standard InChI is InChI=1S/C21H22F4N2O2/c1-13-10-27(14(2)9-26(13)11-15-3-5-16(22)6-4-15)19(28)12-29-18-8-7-17(23)20(24)21(18)25/h3-8,13-14H,9-12H2,1-2H3. The molecule has 0 aromatic heterocycles. The molecule has 0 bridgehead atoms. The normalized spacial score (nSPS) is 20.0. The Morgan fingerprint density at radius 1 is 0.966 bits per heavy atom. The van der Waals surface area contributed by atoms with Crippen LogP contribution in [0.1, 0.15) is 19.4 Å². The van der Waals surface area contributed by atoms with Gasteiger partial charge in [-0.3, -0.25) is 9.69 Å². The lowest BCUT2D eigenvalue weighted by atomic mass is 10.1. The Kier molecular flexibility index (Phi) is 6.42. The summed E-state index contributed by atoms with van der Waals surface area (Å²) in [6.45, 7) is 5.06. The Hall–Kier alpha value is -2.61. The molecule has 2 aromatic rings. The van der Waals surface area contributed by atoms with Gasteiger partial charge >= 0.3 is 0 Å². The van der Waals surface area contributed by atoms with E-state index in [-0.39, 0.29) is 23.8 Å². The van der Waals surface area contributed by atoms with Crippen LogP contribution in [0.15, 0.2) is 36.4 Å². The van der Waals surface area contributed by atoms with Crippen LogP contribution >= 0.6 is 0 Å². The van der Waals surface area contributed by atoms with Gasteiger partial charge in [-0.2, -0.15) is 4.39 Å². The van der Waals surface area contributed by atoms with Crippen molar-refractivity contribution in [1.29, 1.82) is 0 Å². The average Bonchev–Trinajstić information content (AvgIpc) is 2.69. The van der Waals surface area contributed by atoms with Crippen LogP contribution in [0.25, 0.3) is 0 Å². The summed E-state index contributed by atoms with van der Waals surface area (Å²) in [4.78, 5) is 16.4. The maximum Gasteiger partial charge on any atom is 0.260 e. The molecule has 1 aliphatic rings. The van der Waals surface area contributed by atoms with Crippen molar-refractivity contribution in [2.75, 3.05) is 19.7 Å². The number of carbonyl (C=O) groups excluding carboxylic acids is 1. The highest BCUT2D eigenvalue weighted by atomic mass is 19.2. The number of rotatable bonds is 5. The predicted molar refractivity (Wildman–Crippen MR) is 99.3 cm³/mol. The van der Waals surface area contributed by atoms with Crippen LogP contribution in [-0.4, -0.2) is 47.5 Å². The zero-order valence-corrected chi connectivity index (χ0v) is 16.2. The van der Waals surface area contributed by atoms with Gasteiger partial charge in [0.15, 0.2) is 24.0 Å². The van der Waals surface area contributed by atoms with Gasteiger partial charge in [0, 0.05) is 31.7 Å². The van der Waals surface area contributed by atoms with Crippen LogP contribution in [0.3, 0.4) is 0 Å². The van der Waals surface area contributed by atoms with E-state index >= 15 is 0 Å². The van der Waals surface area contributed by atoms with Crippen molar-refractivity contribution in [3.8, 4) is 5.75 Å². The Morgan fingerprint density at radius 2 is 1.66 bits per heavy atom. The first-order chi connectivity index (χ1) is 13.8. The van der Waals surface area contributed by atoms with Crippen LogP contribution in [0.2, 0.25) is 0 Å². The van der Waals surface area contributed by atoms with Crippen molar-refractivity contribution < 1.29 is 27.1 Å². The van der Waals surface area contributed by atoms with Gasteiger partial charge < -0.3 is 9.64 Å². The van der Waals surface area contributed by atoms with Gasteiger partial charge in [0.25, 0.3) is 5.91 Å². The number of benzene rings is 2. The molecule has 0 aliphatic carbocycles. The maximum absolute atomic E-state index is 13.7. The van der Waals surface area contributed by atoms with Crippen LogP contribution < -0.4 is 4.74 Å². The SMILES string of the molecule is CC1CN(C(=O)COc2ccc(F)c(F)c2F)C(C)CN1Cc1ccc(F)cc1. The topological polar surface area (TPSA) is 32.8 Å². The molecular weight excluding hydrogens is 388 g/mol. The van der Waals surface area contributed by atoms with E-state index in [0.717, 1.165) is 17.7 Å². The molecule has 1 saturated heterocycles. The fourth-order valence-electron chi connectivity index (χ4n) is 3.43. The van der Waals surface area contributed by atoms with Crippen LogP contribution in [0.5, 0.6) is 5.75 Å². The lowest BCUT2D eigenvalue weighted by Crippen LogP contribution is -2.58. The highest BCUT2D eigenvalue weighted by molar-refractivity contribution is 5.78. The van der Waals surface area contributed by atoms with Crippen molar-refractivity contribution in [2.24, 2.45) is 0 Å². The summed E-state index contributed by atoms with van der Waals surface area (Å²) in [5, 5.41) is 0. The molecule has 0 spiro atoms. The van der Waals surface area contributed by atoms with Crippen LogP contribution in [-0.2, 0) is 11.3 Å². The Morgan fingerprint density at radius 3 is 2.34 bits per heavy atom. The largest absolute Gasteiger partial charge is 0.481 e. The van der Waals surface area contributed by atoms with Crippen molar-refractivity contribution in [3.05, 3.63) is 65.2 Å². The first kappa shape index (κ1) is 21.1. The molecule has 8 heteroatoms. The van der Waals surface area contributed by atoms with Crippen molar-refractivity contribution >= 4 is 5.91 Å². The van der Waals surface area contributed by atoms with Gasteiger partial charge in [0.1, 0.15) is 5.82 Å². The molecular formula is C21H22F4N2O2. The third-order valence-corrected chi connectivity index (χ3v) is 5.09. The number of piperazine rings is 1. The van der Waals surface area contributed by atoms with E-state index in [1.807, 2.05) is 13.8 Å². The lowest BCUT2D eigenvalue weighted by Gasteiger charge is -2.44.